The number of amides is 1. The Hall–Kier alpha value is -2.14. The molecule has 2 atom stereocenters. The summed E-state index contributed by atoms with van der Waals surface area (Å²) in [5.41, 5.74) is 1.67. The molecule has 1 amide bonds. The van der Waals surface area contributed by atoms with Crippen LogP contribution in [0.25, 0.3) is 0 Å². The molecule has 5 heteroatoms. The Morgan fingerprint density at radius 2 is 1.81 bits per heavy atom. The molecule has 0 aromatic heterocycles. The molecule has 1 aromatic carbocycles. The molecule has 1 aliphatic carbocycles. The minimum Gasteiger partial charge on any atom is -0.481 e. The second-order valence-electron chi connectivity index (χ2n) is 5.19. The van der Waals surface area contributed by atoms with E-state index >= 15 is 0 Å². The van der Waals surface area contributed by atoms with E-state index in [2.05, 4.69) is 5.32 Å². The lowest BCUT2D eigenvalue weighted by Gasteiger charge is -2.24. The highest BCUT2D eigenvalue weighted by atomic mass is 16.4. The van der Waals surface area contributed by atoms with Crippen LogP contribution in [-0.2, 0) is 22.7 Å². The highest BCUT2D eigenvalue weighted by Crippen LogP contribution is 2.26. The lowest BCUT2D eigenvalue weighted by molar-refractivity contribution is -0.147. The van der Waals surface area contributed by atoms with Gasteiger partial charge in [-0.05, 0) is 24.0 Å². The van der Waals surface area contributed by atoms with Crippen LogP contribution in [-0.4, -0.2) is 22.1 Å². The smallest absolute Gasteiger partial charge is 0.307 e. The maximum Gasteiger partial charge on any atom is 0.307 e. The Morgan fingerprint density at radius 3 is 2.48 bits per heavy atom. The summed E-state index contributed by atoms with van der Waals surface area (Å²) in [7, 11) is 0. The highest BCUT2D eigenvalue weighted by molar-refractivity contribution is 5.85. The van der Waals surface area contributed by atoms with Crippen LogP contribution in [0, 0.1) is 11.8 Å². The number of hydrogen-bond donors (Lipinski definition) is 3. The first-order valence-corrected chi connectivity index (χ1v) is 6.96. The Balaban J connectivity index is 1.97. The molecule has 1 aliphatic rings. The molecule has 0 radical (unpaired) electrons. The lowest BCUT2D eigenvalue weighted by Crippen LogP contribution is -2.38. The number of aliphatic hydroxyl groups excluding tert-OH is 1. The largest absolute Gasteiger partial charge is 0.481 e. The summed E-state index contributed by atoms with van der Waals surface area (Å²) in [5, 5.41) is 21.0. The highest BCUT2D eigenvalue weighted by Gasteiger charge is 2.33. The van der Waals surface area contributed by atoms with E-state index in [0.717, 1.165) is 11.1 Å². The van der Waals surface area contributed by atoms with Crippen molar-refractivity contribution in [3.8, 4) is 0 Å². The lowest BCUT2D eigenvalue weighted by atomic mass is 9.82. The molecule has 112 valence electrons. The Morgan fingerprint density at radius 1 is 1.14 bits per heavy atom. The van der Waals surface area contributed by atoms with Crippen LogP contribution in [0.15, 0.2) is 36.4 Å². The summed E-state index contributed by atoms with van der Waals surface area (Å²) in [5.74, 6) is -2.34. The monoisotopic (exact) mass is 289 g/mol. The Labute approximate surface area is 123 Å². The van der Waals surface area contributed by atoms with Gasteiger partial charge >= 0.3 is 5.97 Å². The van der Waals surface area contributed by atoms with Crippen molar-refractivity contribution in [1.82, 2.24) is 5.32 Å². The molecule has 5 nitrogen and oxygen atoms in total. The first-order chi connectivity index (χ1) is 10.1. The zero-order chi connectivity index (χ0) is 15.2. The van der Waals surface area contributed by atoms with Crippen LogP contribution in [0.5, 0.6) is 0 Å². The van der Waals surface area contributed by atoms with E-state index in [9.17, 15) is 9.59 Å². The van der Waals surface area contributed by atoms with E-state index < -0.39 is 17.8 Å². The van der Waals surface area contributed by atoms with Gasteiger partial charge in [0.1, 0.15) is 0 Å². The predicted molar refractivity (Wildman–Crippen MR) is 77.2 cm³/mol. The van der Waals surface area contributed by atoms with Gasteiger partial charge in [-0.1, -0.05) is 36.4 Å². The van der Waals surface area contributed by atoms with E-state index in [4.69, 9.17) is 10.2 Å². The summed E-state index contributed by atoms with van der Waals surface area (Å²) in [6.45, 7) is 0.287. The molecule has 0 aliphatic heterocycles. The van der Waals surface area contributed by atoms with Crippen molar-refractivity contribution < 1.29 is 19.8 Å². The van der Waals surface area contributed by atoms with E-state index in [1.54, 1.807) is 6.07 Å². The summed E-state index contributed by atoms with van der Waals surface area (Å²) in [6, 6.07) is 7.29. The quantitative estimate of drug-likeness (QED) is 0.716. The molecule has 0 heterocycles. The van der Waals surface area contributed by atoms with Crippen molar-refractivity contribution in [2.24, 2.45) is 11.8 Å². The normalized spacial score (nSPS) is 21.0. The van der Waals surface area contributed by atoms with Crippen LogP contribution in [0.1, 0.15) is 24.0 Å². The third-order valence-corrected chi connectivity index (χ3v) is 3.73. The minimum atomic E-state index is -0.929. The first kappa shape index (κ1) is 15.3. The average molecular weight is 289 g/mol. The zero-order valence-corrected chi connectivity index (χ0v) is 11.7. The molecule has 3 N–H and O–H groups in total. The second kappa shape index (κ2) is 7.04. The van der Waals surface area contributed by atoms with Gasteiger partial charge in [0, 0.05) is 6.54 Å². The Kier molecular flexibility index (Phi) is 5.11. The number of carbonyl (C=O) groups excluding carboxylic acids is 1. The number of benzene rings is 1. The number of carboxylic acid groups (broad SMARTS) is 1. The predicted octanol–water partition coefficient (Wildman–Crippen LogP) is 1.46. The van der Waals surface area contributed by atoms with Gasteiger partial charge in [0.2, 0.25) is 5.91 Å². The number of aliphatic hydroxyl groups is 1. The maximum atomic E-state index is 12.2. The molecule has 2 rings (SSSR count). The number of carboxylic acids is 1. The average Bonchev–Trinajstić information content (AvgIpc) is 2.52. The van der Waals surface area contributed by atoms with Crippen molar-refractivity contribution >= 4 is 11.9 Å². The number of nitrogens with one attached hydrogen (secondary N) is 1. The number of aliphatic carboxylic acids is 1. The molecule has 0 unspecified atom stereocenters. The zero-order valence-electron chi connectivity index (χ0n) is 11.7. The molecule has 0 spiro atoms. The van der Waals surface area contributed by atoms with Crippen molar-refractivity contribution in [3.63, 3.8) is 0 Å². The van der Waals surface area contributed by atoms with Gasteiger partial charge in [-0.2, -0.15) is 0 Å². The molecule has 0 saturated heterocycles. The third kappa shape index (κ3) is 3.92. The fourth-order valence-corrected chi connectivity index (χ4v) is 2.54. The van der Waals surface area contributed by atoms with Gasteiger partial charge in [-0.3, -0.25) is 9.59 Å². The second-order valence-corrected chi connectivity index (χ2v) is 5.19. The van der Waals surface area contributed by atoms with E-state index in [1.165, 1.54) is 0 Å². The van der Waals surface area contributed by atoms with Crippen LogP contribution < -0.4 is 5.32 Å². The standard InChI is InChI=1S/C16H19NO4/c18-10-12-5-3-4-11(8-12)9-17-15(19)13-6-1-2-7-14(13)16(20)21/h1-5,8,13-14,18H,6-7,9-10H2,(H,17,19)(H,20,21)/t13-,14+/m1/s1. The van der Waals surface area contributed by atoms with Gasteiger partial charge in [0.05, 0.1) is 18.4 Å². The van der Waals surface area contributed by atoms with E-state index in [1.807, 2.05) is 30.4 Å². The van der Waals surface area contributed by atoms with Gasteiger partial charge in [0.25, 0.3) is 0 Å². The minimum absolute atomic E-state index is 0.0453. The van der Waals surface area contributed by atoms with Gasteiger partial charge in [-0.25, -0.2) is 0 Å². The Bertz CT molecular complexity index is 553. The molecule has 0 fully saturated rings. The van der Waals surface area contributed by atoms with Gasteiger partial charge < -0.3 is 15.5 Å². The van der Waals surface area contributed by atoms with E-state index in [0.29, 0.717) is 19.4 Å². The van der Waals surface area contributed by atoms with E-state index in [-0.39, 0.29) is 12.5 Å². The van der Waals surface area contributed by atoms with Crippen molar-refractivity contribution in [2.45, 2.75) is 26.0 Å². The SMILES string of the molecule is O=C(O)[C@H]1CC=CC[C@H]1C(=O)NCc1cccc(CO)c1. The molecular formula is C16H19NO4. The van der Waals surface area contributed by atoms with Crippen molar-refractivity contribution in [1.29, 1.82) is 0 Å². The summed E-state index contributed by atoms with van der Waals surface area (Å²) in [4.78, 5) is 23.4. The molecule has 0 saturated carbocycles. The van der Waals surface area contributed by atoms with Crippen LogP contribution in [0.4, 0.5) is 0 Å². The van der Waals surface area contributed by atoms with Gasteiger partial charge in [0.15, 0.2) is 0 Å². The number of allylic oxidation sites excluding steroid dienone is 2. The summed E-state index contributed by atoms with van der Waals surface area (Å²) < 4.78 is 0. The fraction of sp³-hybridized carbons (Fsp3) is 0.375. The maximum absolute atomic E-state index is 12.2. The molecule has 0 bridgehead atoms. The number of hydrogen-bond acceptors (Lipinski definition) is 3. The molecular weight excluding hydrogens is 270 g/mol. The van der Waals surface area contributed by atoms with Crippen LogP contribution in [0.2, 0.25) is 0 Å². The van der Waals surface area contributed by atoms with Gasteiger partial charge in [-0.15, -0.1) is 0 Å². The van der Waals surface area contributed by atoms with Crippen LogP contribution in [0.3, 0.4) is 0 Å². The third-order valence-electron chi connectivity index (χ3n) is 3.73. The summed E-state index contributed by atoms with van der Waals surface area (Å²) in [6.07, 6.45) is 4.52. The molecule has 1 aromatic rings. The number of carbonyl (C=O) groups is 2. The fourth-order valence-electron chi connectivity index (χ4n) is 2.54. The van der Waals surface area contributed by atoms with Crippen molar-refractivity contribution in [3.05, 3.63) is 47.5 Å². The van der Waals surface area contributed by atoms with Crippen molar-refractivity contribution in [2.75, 3.05) is 0 Å². The number of rotatable bonds is 5. The first-order valence-electron chi connectivity index (χ1n) is 6.96. The van der Waals surface area contributed by atoms with Crippen LogP contribution >= 0.6 is 0 Å². The molecule has 21 heavy (non-hydrogen) atoms. The topological polar surface area (TPSA) is 86.6 Å². The summed E-state index contributed by atoms with van der Waals surface area (Å²) >= 11 is 0.